The number of hydrogen-bond donors (Lipinski definition) is 0. The molecule has 0 aliphatic heterocycles. The average molecular weight is 821 g/mol. The summed E-state index contributed by atoms with van der Waals surface area (Å²) in [7, 11) is 0. The van der Waals surface area contributed by atoms with Crippen LogP contribution >= 0.6 is 0 Å². The van der Waals surface area contributed by atoms with Crippen LogP contribution in [0.1, 0.15) is 25.0 Å². The number of furan rings is 2. The van der Waals surface area contributed by atoms with E-state index in [2.05, 4.69) is 164 Å². The summed E-state index contributed by atoms with van der Waals surface area (Å²) in [5.41, 5.74) is 14.3. The number of rotatable bonds is 4. The summed E-state index contributed by atoms with van der Waals surface area (Å²) in [4.78, 5) is 16.2. The quantitative estimate of drug-likeness (QED) is 0.177. The number of fused-ring (bicyclic) bond motifs is 13. The second-order valence-electron chi connectivity index (χ2n) is 17.6. The lowest BCUT2D eigenvalue weighted by molar-refractivity contribution is 0.660. The highest BCUT2D eigenvalue weighted by molar-refractivity contribution is 6.18. The van der Waals surface area contributed by atoms with Crippen molar-refractivity contribution in [2.75, 3.05) is 0 Å². The van der Waals surface area contributed by atoms with Gasteiger partial charge in [-0.25, -0.2) is 4.98 Å². The molecule has 0 unspecified atom stereocenters. The van der Waals surface area contributed by atoms with Crippen molar-refractivity contribution >= 4 is 76.5 Å². The Balaban J connectivity index is 1.09. The highest BCUT2D eigenvalue weighted by atomic mass is 16.3. The van der Waals surface area contributed by atoms with Crippen molar-refractivity contribution in [3.05, 3.63) is 193 Å². The van der Waals surface area contributed by atoms with Crippen molar-refractivity contribution in [1.82, 2.24) is 19.5 Å². The highest BCUT2D eigenvalue weighted by Gasteiger charge is 2.37. The Morgan fingerprint density at radius 3 is 1.64 bits per heavy atom. The Morgan fingerprint density at radius 2 is 0.938 bits per heavy atom. The van der Waals surface area contributed by atoms with Gasteiger partial charge in [0.2, 0.25) is 5.95 Å². The van der Waals surface area contributed by atoms with Gasteiger partial charge < -0.3 is 8.83 Å². The van der Waals surface area contributed by atoms with E-state index in [-0.39, 0.29) is 5.41 Å². The topological polar surface area (TPSA) is 69.9 Å². The van der Waals surface area contributed by atoms with E-state index in [1.54, 1.807) is 0 Å². The zero-order valence-electron chi connectivity index (χ0n) is 34.9. The summed E-state index contributed by atoms with van der Waals surface area (Å²) >= 11 is 0. The van der Waals surface area contributed by atoms with Crippen molar-refractivity contribution < 1.29 is 8.83 Å². The fraction of sp³-hybridized carbons (Fsp3) is 0.0517. The van der Waals surface area contributed by atoms with E-state index in [0.29, 0.717) is 17.6 Å². The summed E-state index contributed by atoms with van der Waals surface area (Å²) in [6.07, 6.45) is 0. The van der Waals surface area contributed by atoms with Gasteiger partial charge in [0.05, 0.1) is 11.0 Å². The molecule has 14 rings (SSSR count). The van der Waals surface area contributed by atoms with Crippen LogP contribution in [0.2, 0.25) is 0 Å². The second-order valence-corrected chi connectivity index (χ2v) is 17.6. The van der Waals surface area contributed by atoms with Crippen LogP contribution < -0.4 is 0 Å². The van der Waals surface area contributed by atoms with Crippen LogP contribution in [0.4, 0.5) is 0 Å². The number of hydrogen-bond acceptors (Lipinski definition) is 5. The van der Waals surface area contributed by atoms with Crippen molar-refractivity contribution in [3.63, 3.8) is 0 Å². The van der Waals surface area contributed by atoms with Crippen LogP contribution in [0.3, 0.4) is 0 Å². The summed E-state index contributed by atoms with van der Waals surface area (Å²) in [6, 6.07) is 64.3. The first kappa shape index (κ1) is 35.3. The average Bonchev–Trinajstić information content (AvgIpc) is 4.06. The first-order valence-corrected chi connectivity index (χ1v) is 21.8. The van der Waals surface area contributed by atoms with Crippen LogP contribution in [0.5, 0.6) is 0 Å². The van der Waals surface area contributed by atoms with E-state index >= 15 is 0 Å². The van der Waals surface area contributed by atoms with Crippen molar-refractivity contribution in [1.29, 1.82) is 0 Å². The monoisotopic (exact) mass is 820 g/mol. The summed E-state index contributed by atoms with van der Waals surface area (Å²) in [6.45, 7) is 4.67. The fourth-order valence-corrected chi connectivity index (χ4v) is 10.6. The van der Waals surface area contributed by atoms with Crippen molar-refractivity contribution in [2.24, 2.45) is 0 Å². The predicted octanol–water partition coefficient (Wildman–Crippen LogP) is 15.2. The Labute approximate surface area is 366 Å². The molecule has 4 heterocycles. The van der Waals surface area contributed by atoms with Gasteiger partial charge >= 0.3 is 0 Å². The summed E-state index contributed by atoms with van der Waals surface area (Å²) < 4.78 is 15.1. The molecule has 1 aliphatic rings. The predicted molar refractivity (Wildman–Crippen MR) is 260 cm³/mol. The molecule has 300 valence electrons. The van der Waals surface area contributed by atoms with Crippen LogP contribution in [-0.2, 0) is 5.41 Å². The molecular formula is C58H36N4O2. The highest BCUT2D eigenvalue weighted by Crippen LogP contribution is 2.53. The first-order chi connectivity index (χ1) is 31.5. The molecule has 0 atom stereocenters. The maximum atomic E-state index is 6.42. The van der Waals surface area contributed by atoms with Gasteiger partial charge in [-0.15, -0.1) is 0 Å². The van der Waals surface area contributed by atoms with Gasteiger partial charge in [0.1, 0.15) is 22.3 Å². The Kier molecular flexibility index (Phi) is 7.08. The lowest BCUT2D eigenvalue weighted by atomic mass is 9.82. The second kappa shape index (κ2) is 12.8. The molecule has 6 nitrogen and oxygen atoms in total. The molecule has 0 spiro atoms. The SMILES string of the molecule is CC1(C)c2ccccc2-c2c(-c3cccc4c5cc6ccccc6cc5n(-c5nc(-c6ccc7c(c6)oc6ccccc67)nc(-c6ccc7c(c6)oc6ccccc67)n5)c34)cccc21. The molecule has 0 amide bonds. The maximum Gasteiger partial charge on any atom is 0.238 e. The van der Waals surface area contributed by atoms with E-state index < -0.39 is 0 Å². The lowest BCUT2D eigenvalue weighted by Crippen LogP contribution is -2.14. The molecule has 1 aliphatic carbocycles. The molecular weight excluding hydrogens is 785 g/mol. The van der Waals surface area contributed by atoms with Gasteiger partial charge in [-0.1, -0.05) is 147 Å². The van der Waals surface area contributed by atoms with Gasteiger partial charge in [0.25, 0.3) is 0 Å². The minimum Gasteiger partial charge on any atom is -0.456 e. The molecule has 0 saturated heterocycles. The minimum absolute atomic E-state index is 0.153. The Morgan fingerprint density at radius 1 is 0.406 bits per heavy atom. The molecule has 0 fully saturated rings. The molecule has 6 heteroatoms. The minimum atomic E-state index is -0.153. The molecule has 64 heavy (non-hydrogen) atoms. The number of nitrogens with zero attached hydrogens (tertiary/aromatic N) is 4. The zero-order valence-corrected chi connectivity index (χ0v) is 34.9. The van der Waals surface area contributed by atoms with Gasteiger partial charge in [-0.05, 0) is 87.1 Å². The largest absolute Gasteiger partial charge is 0.456 e. The third-order valence-electron chi connectivity index (χ3n) is 13.6. The van der Waals surface area contributed by atoms with E-state index in [0.717, 1.165) is 87.8 Å². The van der Waals surface area contributed by atoms with Crippen molar-refractivity contribution in [3.8, 4) is 51.0 Å². The Hall–Kier alpha value is -8.35. The molecule has 9 aromatic carbocycles. The molecule has 0 N–H and O–H groups in total. The third-order valence-corrected chi connectivity index (χ3v) is 13.6. The van der Waals surface area contributed by atoms with E-state index in [1.807, 2.05) is 36.4 Å². The zero-order chi connectivity index (χ0) is 42.3. The molecule has 0 radical (unpaired) electrons. The number of benzene rings is 9. The summed E-state index contributed by atoms with van der Waals surface area (Å²) in [5, 5.41) is 8.79. The smallest absolute Gasteiger partial charge is 0.238 e. The molecule has 13 aromatic rings. The van der Waals surface area contributed by atoms with Crippen LogP contribution in [0.15, 0.2) is 191 Å². The number of aromatic nitrogens is 4. The number of para-hydroxylation sites is 3. The van der Waals surface area contributed by atoms with Crippen LogP contribution in [0.25, 0.3) is 127 Å². The van der Waals surface area contributed by atoms with Gasteiger partial charge in [0.15, 0.2) is 11.6 Å². The van der Waals surface area contributed by atoms with Crippen LogP contribution in [0, 0.1) is 0 Å². The van der Waals surface area contributed by atoms with Gasteiger partial charge in [0, 0.05) is 54.4 Å². The van der Waals surface area contributed by atoms with E-state index in [1.165, 1.54) is 33.2 Å². The van der Waals surface area contributed by atoms with E-state index in [9.17, 15) is 0 Å². The molecule has 4 aromatic heterocycles. The van der Waals surface area contributed by atoms with Gasteiger partial charge in [-0.3, -0.25) is 4.57 Å². The van der Waals surface area contributed by atoms with E-state index in [4.69, 9.17) is 23.8 Å². The van der Waals surface area contributed by atoms with Crippen molar-refractivity contribution in [2.45, 2.75) is 19.3 Å². The standard InChI is InChI=1S/C58H36N4O2/c1-58(2)46-21-8-5-17-44(46)53-41(18-12-22-47(53)58)42-19-11-20-43-45-29-33-13-3-4-14-34(33)30-48(45)62(54(42)43)57-60-55(35-25-27-39-37-15-6-9-23-49(37)63-51(39)31-35)59-56(61-57)36-26-28-40-38-16-7-10-24-50(38)64-52(40)32-36/h3-32H,1-2H3. The normalized spacial score (nSPS) is 13.3. The summed E-state index contributed by atoms with van der Waals surface area (Å²) in [5.74, 6) is 1.60. The molecule has 0 bridgehead atoms. The maximum absolute atomic E-state index is 6.42. The fourth-order valence-electron chi connectivity index (χ4n) is 10.6. The Bertz CT molecular complexity index is 4000. The van der Waals surface area contributed by atoms with Gasteiger partial charge in [-0.2, -0.15) is 9.97 Å². The molecule has 0 saturated carbocycles. The lowest BCUT2D eigenvalue weighted by Gasteiger charge is -2.21. The third kappa shape index (κ3) is 4.93. The van der Waals surface area contributed by atoms with Crippen LogP contribution in [-0.4, -0.2) is 19.5 Å². The first-order valence-electron chi connectivity index (χ1n) is 21.8.